The van der Waals surface area contributed by atoms with E-state index in [4.69, 9.17) is 4.74 Å². The molecule has 0 aliphatic carbocycles. The second-order valence-electron chi connectivity index (χ2n) is 7.60. The van der Waals surface area contributed by atoms with Crippen LogP contribution in [0.1, 0.15) is 6.42 Å². The number of hydrogen-bond donors (Lipinski definition) is 2. The lowest BCUT2D eigenvalue weighted by molar-refractivity contribution is -0.127. The van der Waals surface area contributed by atoms with Crippen LogP contribution in [0.15, 0.2) is 29.4 Å². The summed E-state index contributed by atoms with van der Waals surface area (Å²) in [4.78, 5) is 27.1. The summed E-state index contributed by atoms with van der Waals surface area (Å²) >= 11 is 0. The van der Waals surface area contributed by atoms with Crippen molar-refractivity contribution in [2.24, 2.45) is 4.99 Å². The van der Waals surface area contributed by atoms with Gasteiger partial charge in [-0.1, -0.05) is 6.07 Å². The highest BCUT2D eigenvalue weighted by Gasteiger charge is 2.24. The zero-order chi connectivity index (χ0) is 20.5. The van der Waals surface area contributed by atoms with E-state index in [0.29, 0.717) is 5.96 Å². The van der Waals surface area contributed by atoms with Crippen molar-refractivity contribution < 1.29 is 9.53 Å². The Morgan fingerprint density at radius 2 is 2.10 bits per heavy atom. The van der Waals surface area contributed by atoms with Crippen LogP contribution in [0.3, 0.4) is 0 Å². The minimum atomic E-state index is -0.0131. The van der Waals surface area contributed by atoms with E-state index in [1.807, 2.05) is 24.4 Å². The van der Waals surface area contributed by atoms with Crippen LogP contribution in [0.4, 0.5) is 5.82 Å². The Hall–Kier alpha value is -1.66. The highest BCUT2D eigenvalue weighted by Crippen LogP contribution is 2.17. The Morgan fingerprint density at radius 3 is 2.80 bits per heavy atom. The number of pyridine rings is 1. The number of amides is 1. The van der Waals surface area contributed by atoms with Gasteiger partial charge in [0.25, 0.3) is 0 Å². The number of rotatable bonds is 7. The molecule has 1 amide bonds. The van der Waals surface area contributed by atoms with Crippen molar-refractivity contribution in [1.82, 2.24) is 25.4 Å². The molecule has 2 saturated heterocycles. The average molecular weight is 531 g/mol. The monoisotopic (exact) mass is 531 g/mol. The van der Waals surface area contributed by atoms with Crippen molar-refractivity contribution in [3.05, 3.63) is 24.4 Å². The minimum absolute atomic E-state index is 0. The Morgan fingerprint density at radius 1 is 1.30 bits per heavy atom. The predicted octanol–water partition coefficient (Wildman–Crippen LogP) is 0.234. The van der Waals surface area contributed by atoms with E-state index in [1.165, 1.54) is 0 Å². The van der Waals surface area contributed by atoms with Crippen LogP contribution in [-0.2, 0) is 9.53 Å². The van der Waals surface area contributed by atoms with Crippen LogP contribution < -0.4 is 15.5 Å². The van der Waals surface area contributed by atoms with Gasteiger partial charge in [0.1, 0.15) is 12.4 Å². The van der Waals surface area contributed by atoms with Gasteiger partial charge in [-0.15, -0.1) is 24.0 Å². The summed E-state index contributed by atoms with van der Waals surface area (Å²) in [6.45, 7) is 7.16. The molecular weight excluding hydrogens is 497 g/mol. The van der Waals surface area contributed by atoms with Crippen LogP contribution >= 0.6 is 24.0 Å². The number of anilines is 1. The number of nitrogens with zero attached hydrogens (tertiary/aromatic N) is 5. The number of nitrogens with one attached hydrogen (secondary N) is 2. The molecule has 9 nitrogen and oxygen atoms in total. The van der Waals surface area contributed by atoms with Gasteiger partial charge in [0.2, 0.25) is 5.91 Å². The maximum absolute atomic E-state index is 12.0. The number of morpholine rings is 1. The Balaban J connectivity index is 0.00000320. The number of carbonyl (C=O) groups excluding carboxylic acids is 1. The SMILES string of the molecule is CN(C)C(=O)CN=C(NCCN1CCOCC1)NC1CCN(c2ccccn2)C1.I. The zero-order valence-corrected chi connectivity index (χ0v) is 20.2. The molecule has 10 heteroatoms. The number of halogens is 1. The second-order valence-corrected chi connectivity index (χ2v) is 7.60. The zero-order valence-electron chi connectivity index (χ0n) is 17.9. The van der Waals surface area contributed by atoms with Crippen LogP contribution in [0, 0.1) is 0 Å². The molecule has 2 aliphatic rings. The van der Waals surface area contributed by atoms with Crippen molar-refractivity contribution >= 4 is 41.7 Å². The lowest BCUT2D eigenvalue weighted by Crippen LogP contribution is -2.48. The van der Waals surface area contributed by atoms with Gasteiger partial charge in [0, 0.05) is 65.6 Å². The van der Waals surface area contributed by atoms with Crippen molar-refractivity contribution in [3.63, 3.8) is 0 Å². The van der Waals surface area contributed by atoms with Crippen molar-refractivity contribution in [2.75, 3.05) is 78.0 Å². The molecule has 0 bridgehead atoms. The van der Waals surface area contributed by atoms with E-state index >= 15 is 0 Å². The molecule has 0 radical (unpaired) electrons. The van der Waals surface area contributed by atoms with Crippen molar-refractivity contribution in [1.29, 1.82) is 0 Å². The Labute approximate surface area is 196 Å². The van der Waals surface area contributed by atoms with Gasteiger partial charge in [-0.3, -0.25) is 9.69 Å². The molecule has 2 fully saturated rings. The Kier molecular flexibility index (Phi) is 10.6. The first-order valence-corrected chi connectivity index (χ1v) is 10.3. The minimum Gasteiger partial charge on any atom is -0.379 e. The van der Waals surface area contributed by atoms with E-state index in [2.05, 4.69) is 30.4 Å². The summed E-state index contributed by atoms with van der Waals surface area (Å²) in [7, 11) is 3.50. The van der Waals surface area contributed by atoms with Gasteiger partial charge in [-0.2, -0.15) is 0 Å². The Bertz CT molecular complexity index is 668. The first-order chi connectivity index (χ1) is 14.1. The summed E-state index contributed by atoms with van der Waals surface area (Å²) in [5.74, 6) is 1.68. The normalized spacial score (nSPS) is 19.9. The smallest absolute Gasteiger partial charge is 0.243 e. The van der Waals surface area contributed by atoms with Crippen LogP contribution in [0.2, 0.25) is 0 Å². The first kappa shape index (κ1) is 24.6. The lowest BCUT2D eigenvalue weighted by atomic mass is 10.3. The molecule has 0 saturated carbocycles. The fourth-order valence-electron chi connectivity index (χ4n) is 3.42. The molecule has 3 heterocycles. The predicted molar refractivity (Wildman–Crippen MR) is 130 cm³/mol. The largest absolute Gasteiger partial charge is 0.379 e. The quantitative estimate of drug-likeness (QED) is 0.296. The maximum Gasteiger partial charge on any atom is 0.243 e. The molecule has 30 heavy (non-hydrogen) atoms. The van der Waals surface area contributed by atoms with Crippen molar-refractivity contribution in [2.45, 2.75) is 12.5 Å². The molecular formula is C20H34IN7O2. The molecule has 2 aliphatic heterocycles. The number of likely N-dealkylation sites (N-methyl/N-ethyl adjacent to an activating group) is 1. The van der Waals surface area contributed by atoms with Gasteiger partial charge in [0.05, 0.1) is 13.2 Å². The maximum atomic E-state index is 12.0. The molecule has 0 spiro atoms. The summed E-state index contributed by atoms with van der Waals surface area (Å²) in [6.07, 6.45) is 2.82. The van der Waals surface area contributed by atoms with Crippen LogP contribution in [0.5, 0.6) is 0 Å². The first-order valence-electron chi connectivity index (χ1n) is 10.3. The number of guanidine groups is 1. The summed E-state index contributed by atoms with van der Waals surface area (Å²) in [5.41, 5.74) is 0. The number of hydrogen-bond acceptors (Lipinski definition) is 6. The number of aliphatic imine (C=N–C) groups is 1. The van der Waals surface area contributed by atoms with E-state index < -0.39 is 0 Å². The van der Waals surface area contributed by atoms with Gasteiger partial charge >= 0.3 is 0 Å². The summed E-state index contributed by atoms with van der Waals surface area (Å²) in [5, 5.41) is 6.90. The van der Waals surface area contributed by atoms with Gasteiger partial charge < -0.3 is 25.2 Å². The summed E-state index contributed by atoms with van der Waals surface area (Å²) in [6, 6.07) is 6.24. The number of carbonyl (C=O) groups is 1. The van der Waals surface area contributed by atoms with E-state index in [1.54, 1.807) is 19.0 Å². The fourth-order valence-corrected chi connectivity index (χ4v) is 3.42. The van der Waals surface area contributed by atoms with Gasteiger partial charge in [0.15, 0.2) is 5.96 Å². The highest BCUT2D eigenvalue weighted by molar-refractivity contribution is 14.0. The van der Waals surface area contributed by atoms with Gasteiger partial charge in [-0.05, 0) is 18.6 Å². The van der Waals surface area contributed by atoms with Crippen LogP contribution in [0.25, 0.3) is 0 Å². The molecule has 3 rings (SSSR count). The van der Waals surface area contributed by atoms with E-state index in [9.17, 15) is 4.79 Å². The topological polar surface area (TPSA) is 85.3 Å². The molecule has 1 aromatic heterocycles. The molecule has 2 N–H and O–H groups in total. The molecule has 168 valence electrons. The van der Waals surface area contributed by atoms with Crippen molar-refractivity contribution in [3.8, 4) is 0 Å². The number of aromatic nitrogens is 1. The van der Waals surface area contributed by atoms with E-state index in [0.717, 1.165) is 64.7 Å². The second kappa shape index (κ2) is 12.9. The number of ether oxygens (including phenoxy) is 1. The standard InChI is InChI=1S/C20H33N7O2.HI/c1-25(2)19(28)15-23-20(22-8-10-26-11-13-29-14-12-26)24-17-6-9-27(16-17)18-5-3-4-7-21-18;/h3-5,7,17H,6,8-16H2,1-2H3,(H2,22,23,24);1H. The molecule has 0 aromatic carbocycles. The third kappa shape index (κ3) is 7.88. The lowest BCUT2D eigenvalue weighted by Gasteiger charge is -2.27. The third-order valence-electron chi connectivity index (χ3n) is 5.20. The van der Waals surface area contributed by atoms with E-state index in [-0.39, 0.29) is 42.5 Å². The van der Waals surface area contributed by atoms with Crippen LogP contribution in [-0.4, -0.2) is 106 Å². The van der Waals surface area contributed by atoms with Gasteiger partial charge in [-0.25, -0.2) is 9.98 Å². The average Bonchev–Trinajstić information content (AvgIpc) is 3.21. The molecule has 1 unspecified atom stereocenters. The third-order valence-corrected chi connectivity index (χ3v) is 5.20. The molecule has 1 atom stereocenters. The highest BCUT2D eigenvalue weighted by atomic mass is 127. The fraction of sp³-hybridized carbons (Fsp3) is 0.650. The molecule has 1 aromatic rings. The summed E-state index contributed by atoms with van der Waals surface area (Å²) < 4.78 is 5.40.